The summed E-state index contributed by atoms with van der Waals surface area (Å²) >= 11 is 12.6. The Hall–Kier alpha value is -2.30. The van der Waals surface area contributed by atoms with Gasteiger partial charge in [0.25, 0.3) is 0 Å². The van der Waals surface area contributed by atoms with Crippen molar-refractivity contribution < 1.29 is 14.3 Å². The number of carbonyl (C=O) groups is 2. The normalized spacial score (nSPS) is 12.7. The Bertz CT molecular complexity index is 814. The lowest BCUT2D eigenvalue weighted by atomic mass is 9.78. The third-order valence-corrected chi connectivity index (χ3v) is 4.91. The van der Waals surface area contributed by atoms with Gasteiger partial charge in [0.1, 0.15) is 5.78 Å². The van der Waals surface area contributed by atoms with Crippen LogP contribution in [0.3, 0.4) is 0 Å². The summed E-state index contributed by atoms with van der Waals surface area (Å²) in [5, 5.41) is 3.44. The molecule has 0 bridgehead atoms. The highest BCUT2D eigenvalue weighted by Gasteiger charge is 2.30. The van der Waals surface area contributed by atoms with Gasteiger partial charge in [-0.25, -0.2) is 0 Å². The number of benzene rings is 2. The smallest absolute Gasteiger partial charge is 0.243 e. The monoisotopic (exact) mass is 405 g/mol. The van der Waals surface area contributed by atoms with Crippen LogP contribution in [-0.2, 0) is 9.59 Å². The van der Waals surface area contributed by atoms with Crippen LogP contribution in [0, 0.1) is 5.92 Å². The molecule has 0 aliphatic carbocycles. The number of nitrogens with one attached hydrogen (secondary N) is 1. The lowest BCUT2D eigenvalue weighted by Gasteiger charge is -2.27. The standard InChI is InChI=1S/C21H21Cl2NO3/c1-4-19(26)24-12-16(13(2)25)20(14-8-6-5-7-9-14)15-10-17(22)21(27-3)18(23)11-15/h4-11,16,20H,1,12H2,2-3H3,(H,24,26). The van der Waals surface area contributed by atoms with Crippen LogP contribution in [0.2, 0.25) is 10.0 Å². The summed E-state index contributed by atoms with van der Waals surface area (Å²) in [5.41, 5.74) is 1.69. The third kappa shape index (κ3) is 5.12. The molecule has 2 aromatic rings. The predicted molar refractivity (Wildman–Crippen MR) is 109 cm³/mol. The Morgan fingerprint density at radius 2 is 1.74 bits per heavy atom. The molecule has 2 aromatic carbocycles. The van der Waals surface area contributed by atoms with Crippen molar-refractivity contribution in [2.45, 2.75) is 12.8 Å². The maximum atomic E-state index is 12.5. The van der Waals surface area contributed by atoms with Crippen molar-refractivity contribution in [1.29, 1.82) is 0 Å². The Morgan fingerprint density at radius 3 is 2.22 bits per heavy atom. The fourth-order valence-corrected chi connectivity index (χ4v) is 3.71. The average molecular weight is 406 g/mol. The Kier molecular flexibility index (Phi) is 7.45. The minimum atomic E-state index is -0.503. The van der Waals surface area contributed by atoms with Gasteiger partial charge in [0.05, 0.1) is 17.2 Å². The molecule has 0 spiro atoms. The zero-order valence-electron chi connectivity index (χ0n) is 15.2. The number of hydrogen-bond acceptors (Lipinski definition) is 3. The molecule has 0 fully saturated rings. The van der Waals surface area contributed by atoms with Gasteiger partial charge < -0.3 is 10.1 Å². The highest BCUT2D eigenvalue weighted by Crippen LogP contribution is 2.40. The van der Waals surface area contributed by atoms with Crippen molar-refractivity contribution in [3.8, 4) is 5.75 Å². The van der Waals surface area contributed by atoms with Gasteiger partial charge in [-0.1, -0.05) is 60.1 Å². The molecule has 0 heterocycles. The summed E-state index contributed by atoms with van der Waals surface area (Å²) in [7, 11) is 1.49. The molecule has 0 aromatic heterocycles. The summed E-state index contributed by atoms with van der Waals surface area (Å²) in [6, 6.07) is 13.0. The molecule has 0 radical (unpaired) electrons. The molecular weight excluding hydrogens is 385 g/mol. The summed E-state index contributed by atoms with van der Waals surface area (Å²) in [4.78, 5) is 24.1. The fraction of sp³-hybridized carbons (Fsp3) is 0.238. The number of carbonyl (C=O) groups excluding carboxylic acids is 2. The summed E-state index contributed by atoms with van der Waals surface area (Å²) < 4.78 is 5.22. The Labute approximate surface area is 169 Å². The van der Waals surface area contributed by atoms with Gasteiger partial charge in [0.2, 0.25) is 5.91 Å². The van der Waals surface area contributed by atoms with Gasteiger partial charge in [-0.2, -0.15) is 0 Å². The third-order valence-electron chi connectivity index (χ3n) is 4.35. The van der Waals surface area contributed by atoms with Crippen LogP contribution in [-0.4, -0.2) is 25.3 Å². The molecule has 2 unspecified atom stereocenters. The molecule has 4 nitrogen and oxygen atoms in total. The molecule has 2 atom stereocenters. The first-order valence-corrected chi connectivity index (χ1v) is 9.13. The summed E-state index contributed by atoms with van der Waals surface area (Å²) in [5.74, 6) is -0.852. The van der Waals surface area contributed by atoms with Crippen molar-refractivity contribution in [3.05, 3.63) is 76.3 Å². The summed E-state index contributed by atoms with van der Waals surface area (Å²) in [6.07, 6.45) is 1.18. The minimum Gasteiger partial charge on any atom is -0.494 e. The van der Waals surface area contributed by atoms with Crippen molar-refractivity contribution in [2.75, 3.05) is 13.7 Å². The van der Waals surface area contributed by atoms with Crippen molar-refractivity contribution >= 4 is 34.9 Å². The molecule has 6 heteroatoms. The van der Waals surface area contributed by atoms with E-state index in [0.29, 0.717) is 15.8 Å². The minimum absolute atomic E-state index is 0.0590. The van der Waals surface area contributed by atoms with Gasteiger partial charge in [-0.3, -0.25) is 9.59 Å². The van der Waals surface area contributed by atoms with E-state index in [2.05, 4.69) is 11.9 Å². The molecular formula is C21H21Cl2NO3. The van der Waals surface area contributed by atoms with Gasteiger partial charge in [0, 0.05) is 18.4 Å². The Balaban J connectivity index is 2.55. The van der Waals surface area contributed by atoms with Gasteiger partial charge >= 0.3 is 0 Å². The van der Waals surface area contributed by atoms with Crippen LogP contribution in [0.25, 0.3) is 0 Å². The van der Waals surface area contributed by atoms with Gasteiger partial charge in [0.15, 0.2) is 5.75 Å². The van der Waals surface area contributed by atoms with Gasteiger partial charge in [-0.15, -0.1) is 0 Å². The van der Waals surface area contributed by atoms with Crippen molar-refractivity contribution in [1.82, 2.24) is 5.32 Å². The van der Waals surface area contributed by atoms with Crippen LogP contribution >= 0.6 is 23.2 Å². The van der Waals surface area contributed by atoms with E-state index in [9.17, 15) is 9.59 Å². The van der Waals surface area contributed by atoms with E-state index in [1.54, 1.807) is 12.1 Å². The number of halogens is 2. The first-order chi connectivity index (χ1) is 12.9. The van der Waals surface area contributed by atoms with E-state index in [4.69, 9.17) is 27.9 Å². The number of rotatable bonds is 8. The largest absolute Gasteiger partial charge is 0.494 e. The molecule has 0 saturated carbocycles. The predicted octanol–water partition coefficient (Wildman–Crippen LogP) is 4.64. The molecule has 27 heavy (non-hydrogen) atoms. The second-order valence-electron chi connectivity index (χ2n) is 6.07. The lowest BCUT2D eigenvalue weighted by Crippen LogP contribution is -2.35. The summed E-state index contributed by atoms with van der Waals surface area (Å²) in [6.45, 7) is 5.12. The number of Topliss-reactive ketones (excluding diaryl/α,β-unsaturated/α-hetero) is 1. The maximum absolute atomic E-state index is 12.5. The molecule has 142 valence electrons. The van der Waals surface area contributed by atoms with E-state index in [1.807, 2.05) is 30.3 Å². The van der Waals surface area contributed by atoms with Crippen LogP contribution in [0.5, 0.6) is 5.75 Å². The topological polar surface area (TPSA) is 55.4 Å². The highest BCUT2D eigenvalue weighted by atomic mass is 35.5. The number of ketones is 1. The molecule has 1 N–H and O–H groups in total. The molecule has 0 aliphatic rings. The molecule has 1 amide bonds. The highest BCUT2D eigenvalue weighted by molar-refractivity contribution is 6.37. The fourth-order valence-electron chi connectivity index (χ4n) is 3.05. The first kappa shape index (κ1) is 21.0. The number of amides is 1. The molecule has 0 aliphatic heterocycles. The Morgan fingerprint density at radius 1 is 1.15 bits per heavy atom. The number of ether oxygens (including phenoxy) is 1. The van der Waals surface area contributed by atoms with Crippen molar-refractivity contribution in [3.63, 3.8) is 0 Å². The van der Waals surface area contributed by atoms with E-state index in [-0.39, 0.29) is 24.2 Å². The zero-order valence-corrected chi connectivity index (χ0v) is 16.7. The number of methoxy groups -OCH3 is 1. The zero-order chi connectivity index (χ0) is 20.0. The van der Waals surface area contributed by atoms with E-state index in [0.717, 1.165) is 11.1 Å². The second-order valence-corrected chi connectivity index (χ2v) is 6.89. The van der Waals surface area contributed by atoms with Crippen LogP contribution in [0.4, 0.5) is 0 Å². The van der Waals surface area contributed by atoms with Crippen molar-refractivity contribution in [2.24, 2.45) is 5.92 Å². The number of hydrogen-bond donors (Lipinski definition) is 1. The van der Waals surface area contributed by atoms with Crippen LogP contribution < -0.4 is 10.1 Å². The SMILES string of the molecule is C=CC(=O)NCC(C(C)=O)C(c1ccccc1)c1cc(Cl)c(OC)c(Cl)c1. The quantitative estimate of drug-likeness (QED) is 0.650. The van der Waals surface area contributed by atoms with E-state index >= 15 is 0 Å². The molecule has 2 rings (SSSR count). The maximum Gasteiger partial charge on any atom is 0.243 e. The van der Waals surface area contributed by atoms with Gasteiger partial charge in [-0.05, 0) is 36.3 Å². The lowest BCUT2D eigenvalue weighted by molar-refractivity contribution is -0.121. The van der Waals surface area contributed by atoms with Crippen LogP contribution in [0.15, 0.2) is 55.1 Å². The molecule has 0 saturated heterocycles. The van der Waals surface area contributed by atoms with E-state index < -0.39 is 5.92 Å². The second kappa shape index (κ2) is 9.58. The first-order valence-electron chi connectivity index (χ1n) is 8.37. The van der Waals surface area contributed by atoms with E-state index in [1.165, 1.54) is 20.1 Å². The van der Waals surface area contributed by atoms with Crippen LogP contribution in [0.1, 0.15) is 24.0 Å². The average Bonchev–Trinajstić information content (AvgIpc) is 2.64.